The summed E-state index contributed by atoms with van der Waals surface area (Å²) in [4.78, 5) is 16.2. The van der Waals surface area contributed by atoms with Crippen LogP contribution >= 0.6 is 11.6 Å². The van der Waals surface area contributed by atoms with Gasteiger partial charge >= 0.3 is 0 Å². The fourth-order valence-corrected chi connectivity index (χ4v) is 3.08. The van der Waals surface area contributed by atoms with E-state index in [-0.39, 0.29) is 5.91 Å². The summed E-state index contributed by atoms with van der Waals surface area (Å²) in [5.41, 5.74) is 0. The van der Waals surface area contributed by atoms with Gasteiger partial charge in [-0.3, -0.25) is 9.69 Å². The van der Waals surface area contributed by atoms with Crippen LogP contribution < -0.4 is 4.74 Å². The zero-order valence-electron chi connectivity index (χ0n) is 14.1. The van der Waals surface area contributed by atoms with E-state index in [2.05, 4.69) is 11.9 Å². The van der Waals surface area contributed by atoms with E-state index in [0.29, 0.717) is 30.8 Å². The molecule has 0 saturated heterocycles. The minimum absolute atomic E-state index is 0.186. The van der Waals surface area contributed by atoms with Crippen molar-refractivity contribution in [3.05, 3.63) is 29.3 Å². The number of halogens is 1. The third kappa shape index (κ3) is 6.04. The maximum Gasteiger partial charge on any atom is 0.236 e. The van der Waals surface area contributed by atoms with Crippen molar-refractivity contribution in [2.75, 3.05) is 33.8 Å². The average Bonchev–Trinajstić information content (AvgIpc) is 3.07. The Bertz CT molecular complexity index is 486. The summed E-state index contributed by atoms with van der Waals surface area (Å²) in [5.74, 6) is 0.996. The van der Waals surface area contributed by atoms with E-state index in [4.69, 9.17) is 16.3 Å². The minimum atomic E-state index is 0.186. The first-order chi connectivity index (χ1) is 11.1. The molecule has 0 heterocycles. The molecule has 0 unspecified atom stereocenters. The first-order valence-electron chi connectivity index (χ1n) is 8.39. The number of hydrogen-bond donors (Lipinski definition) is 0. The van der Waals surface area contributed by atoms with Crippen molar-refractivity contribution < 1.29 is 9.53 Å². The van der Waals surface area contributed by atoms with Crippen LogP contribution in [0.3, 0.4) is 0 Å². The number of carbonyl (C=O) groups excluding carboxylic acids is 1. The highest BCUT2D eigenvalue weighted by molar-refractivity contribution is 6.30. The Morgan fingerprint density at radius 2 is 1.87 bits per heavy atom. The van der Waals surface area contributed by atoms with Crippen LogP contribution in [0.4, 0.5) is 0 Å². The molecule has 1 aliphatic carbocycles. The lowest BCUT2D eigenvalue weighted by Gasteiger charge is -2.26. The number of rotatable bonds is 8. The van der Waals surface area contributed by atoms with Gasteiger partial charge in [0, 0.05) is 24.7 Å². The highest BCUT2D eigenvalue weighted by Gasteiger charge is 2.22. The normalized spacial score (nSPS) is 15.1. The highest BCUT2D eigenvalue weighted by atomic mass is 35.5. The molecule has 23 heavy (non-hydrogen) atoms. The number of carbonyl (C=O) groups is 1. The van der Waals surface area contributed by atoms with E-state index in [1.807, 2.05) is 31.3 Å². The quantitative estimate of drug-likeness (QED) is 0.681. The molecule has 1 aliphatic rings. The lowest BCUT2D eigenvalue weighted by molar-refractivity contribution is -0.131. The number of benzene rings is 1. The van der Waals surface area contributed by atoms with Crippen molar-refractivity contribution >= 4 is 17.5 Å². The second-order valence-electron chi connectivity index (χ2n) is 6.32. The Morgan fingerprint density at radius 3 is 2.52 bits per heavy atom. The van der Waals surface area contributed by atoms with Crippen molar-refractivity contribution in [1.82, 2.24) is 9.80 Å². The first kappa shape index (κ1) is 18.1. The monoisotopic (exact) mass is 338 g/mol. The smallest absolute Gasteiger partial charge is 0.236 e. The lowest BCUT2D eigenvalue weighted by Crippen LogP contribution is -2.41. The molecule has 0 aromatic heterocycles. The van der Waals surface area contributed by atoms with Crippen molar-refractivity contribution in [2.24, 2.45) is 0 Å². The summed E-state index contributed by atoms with van der Waals surface area (Å²) in [6.07, 6.45) is 5.85. The van der Waals surface area contributed by atoms with E-state index in [1.54, 1.807) is 4.90 Å². The van der Waals surface area contributed by atoms with Gasteiger partial charge in [-0.15, -0.1) is 0 Å². The molecule has 0 bridgehead atoms. The van der Waals surface area contributed by atoms with Crippen molar-refractivity contribution in [1.29, 1.82) is 0 Å². The Labute approximate surface area is 144 Å². The van der Waals surface area contributed by atoms with Gasteiger partial charge in [0.2, 0.25) is 5.91 Å². The molecule has 128 valence electrons. The van der Waals surface area contributed by atoms with Crippen LogP contribution in [0.5, 0.6) is 5.75 Å². The molecule has 5 heteroatoms. The van der Waals surface area contributed by atoms with Gasteiger partial charge in [-0.25, -0.2) is 0 Å². The Hall–Kier alpha value is -1.26. The van der Waals surface area contributed by atoms with Crippen LogP contribution in [-0.2, 0) is 4.79 Å². The summed E-state index contributed by atoms with van der Waals surface area (Å²) in [6, 6.07) is 7.92. The largest absolute Gasteiger partial charge is 0.494 e. The number of hydrogen-bond acceptors (Lipinski definition) is 3. The minimum Gasteiger partial charge on any atom is -0.494 e. The van der Waals surface area contributed by atoms with Gasteiger partial charge in [0.25, 0.3) is 0 Å². The molecule has 4 nitrogen and oxygen atoms in total. The zero-order chi connectivity index (χ0) is 16.7. The molecule has 1 aromatic carbocycles. The summed E-state index contributed by atoms with van der Waals surface area (Å²) >= 11 is 5.83. The van der Waals surface area contributed by atoms with Gasteiger partial charge in [-0.05, 0) is 50.6 Å². The van der Waals surface area contributed by atoms with Crippen molar-refractivity contribution in [3.63, 3.8) is 0 Å². The van der Waals surface area contributed by atoms with Gasteiger partial charge < -0.3 is 9.64 Å². The maximum atomic E-state index is 12.2. The molecule has 2 rings (SSSR count). The second-order valence-corrected chi connectivity index (χ2v) is 6.76. The summed E-state index contributed by atoms with van der Waals surface area (Å²) in [7, 11) is 3.93. The SMILES string of the molecule is CN(CCCOc1ccc(Cl)cc1)C(=O)CN(C)C1CCCC1. The van der Waals surface area contributed by atoms with Crippen molar-refractivity contribution in [2.45, 2.75) is 38.1 Å². The molecule has 1 saturated carbocycles. The lowest BCUT2D eigenvalue weighted by atomic mass is 10.2. The van der Waals surface area contributed by atoms with Gasteiger partial charge in [0.1, 0.15) is 5.75 Å². The molecule has 0 atom stereocenters. The number of amides is 1. The third-order valence-corrected chi connectivity index (χ3v) is 4.73. The predicted molar refractivity (Wildman–Crippen MR) is 94.1 cm³/mol. The standard InChI is InChI=1S/C18H27ClN2O2/c1-20(18(22)14-21(2)16-6-3-4-7-16)12-5-13-23-17-10-8-15(19)9-11-17/h8-11,16H,3-7,12-14H2,1-2H3. The van der Waals surface area contributed by atoms with Gasteiger partial charge in [0.15, 0.2) is 0 Å². The topological polar surface area (TPSA) is 32.8 Å². The van der Waals surface area contributed by atoms with Crippen LogP contribution in [0.15, 0.2) is 24.3 Å². The third-order valence-electron chi connectivity index (χ3n) is 4.48. The molecule has 1 fully saturated rings. The molecular weight excluding hydrogens is 312 g/mol. The second kappa shape index (κ2) is 9.14. The molecule has 1 amide bonds. The Kier molecular flexibility index (Phi) is 7.18. The number of nitrogens with zero attached hydrogens (tertiary/aromatic N) is 2. The van der Waals surface area contributed by atoms with Crippen molar-refractivity contribution in [3.8, 4) is 5.75 Å². The fraction of sp³-hybridized carbons (Fsp3) is 0.611. The van der Waals surface area contributed by atoms with E-state index in [9.17, 15) is 4.79 Å². The number of ether oxygens (including phenoxy) is 1. The van der Waals surface area contributed by atoms with Gasteiger partial charge in [-0.2, -0.15) is 0 Å². The summed E-state index contributed by atoms with van der Waals surface area (Å²) in [5, 5.41) is 0.703. The van der Waals surface area contributed by atoms with Gasteiger partial charge in [0.05, 0.1) is 13.2 Å². The van der Waals surface area contributed by atoms with Crippen LogP contribution in [0.2, 0.25) is 5.02 Å². The summed E-state index contributed by atoms with van der Waals surface area (Å²) < 4.78 is 5.65. The van der Waals surface area contributed by atoms with E-state index < -0.39 is 0 Å². The van der Waals surface area contributed by atoms with Crippen LogP contribution in [0, 0.1) is 0 Å². The molecular formula is C18H27ClN2O2. The first-order valence-corrected chi connectivity index (χ1v) is 8.76. The highest BCUT2D eigenvalue weighted by Crippen LogP contribution is 2.22. The van der Waals surface area contributed by atoms with E-state index in [1.165, 1.54) is 25.7 Å². The Balaban J connectivity index is 1.62. The predicted octanol–water partition coefficient (Wildman–Crippen LogP) is 3.44. The summed E-state index contributed by atoms with van der Waals surface area (Å²) in [6.45, 7) is 1.82. The molecule has 0 N–H and O–H groups in total. The zero-order valence-corrected chi connectivity index (χ0v) is 14.9. The Morgan fingerprint density at radius 1 is 1.22 bits per heavy atom. The van der Waals surface area contributed by atoms with E-state index in [0.717, 1.165) is 12.2 Å². The van der Waals surface area contributed by atoms with Gasteiger partial charge in [-0.1, -0.05) is 24.4 Å². The van der Waals surface area contributed by atoms with Crippen LogP contribution in [0.25, 0.3) is 0 Å². The average molecular weight is 339 g/mol. The molecule has 0 aliphatic heterocycles. The molecule has 0 spiro atoms. The molecule has 0 radical (unpaired) electrons. The van der Waals surface area contributed by atoms with Crippen LogP contribution in [0.1, 0.15) is 32.1 Å². The maximum absolute atomic E-state index is 12.2. The molecule has 1 aromatic rings. The van der Waals surface area contributed by atoms with E-state index >= 15 is 0 Å². The number of likely N-dealkylation sites (N-methyl/N-ethyl adjacent to an activating group) is 2. The van der Waals surface area contributed by atoms with Crippen LogP contribution in [-0.4, -0.2) is 55.5 Å². The fourth-order valence-electron chi connectivity index (χ4n) is 2.96.